The van der Waals surface area contributed by atoms with E-state index in [1.54, 1.807) is 0 Å². The van der Waals surface area contributed by atoms with Gasteiger partial charge in [0.15, 0.2) is 17.5 Å². The Morgan fingerprint density at radius 3 is 1.44 bits per heavy atom. The highest BCUT2D eigenvalue weighted by molar-refractivity contribution is 6.15. The summed E-state index contributed by atoms with van der Waals surface area (Å²) < 4.78 is 2.40. The highest BCUT2D eigenvalue weighted by Gasteiger charge is 2.20. The van der Waals surface area contributed by atoms with Gasteiger partial charge in [-0.3, -0.25) is 0 Å². The van der Waals surface area contributed by atoms with Gasteiger partial charge in [0.1, 0.15) is 0 Å². The molecule has 4 heteroatoms. The van der Waals surface area contributed by atoms with Crippen LogP contribution in [0.4, 0.5) is 0 Å². The Bertz CT molecular complexity index is 3200. The van der Waals surface area contributed by atoms with Gasteiger partial charge >= 0.3 is 0 Å². The molecule has 9 aromatic carbocycles. The maximum atomic E-state index is 5.19. The van der Waals surface area contributed by atoms with Crippen molar-refractivity contribution >= 4 is 43.4 Å². The lowest BCUT2D eigenvalue weighted by Crippen LogP contribution is -2.01. The summed E-state index contributed by atoms with van der Waals surface area (Å²) >= 11 is 0. The fourth-order valence-corrected chi connectivity index (χ4v) is 8.20. The van der Waals surface area contributed by atoms with Gasteiger partial charge in [0.05, 0.1) is 11.0 Å². The number of benzene rings is 9. The van der Waals surface area contributed by atoms with E-state index < -0.39 is 0 Å². The molecule has 0 saturated carbocycles. The molecule has 2 heterocycles. The molecule has 0 N–H and O–H groups in total. The molecule has 0 unspecified atom stereocenters. The smallest absolute Gasteiger partial charge is 0.164 e. The van der Waals surface area contributed by atoms with Crippen LogP contribution in [-0.2, 0) is 0 Å². The van der Waals surface area contributed by atoms with E-state index in [4.69, 9.17) is 15.0 Å². The average Bonchev–Trinajstić information content (AvgIpc) is 3.63. The van der Waals surface area contributed by atoms with Crippen molar-refractivity contribution in [2.75, 3.05) is 0 Å². The quantitative estimate of drug-likeness (QED) is 0.171. The summed E-state index contributed by atoms with van der Waals surface area (Å²) in [5.41, 5.74) is 10.8. The Labute approximate surface area is 330 Å². The summed E-state index contributed by atoms with van der Waals surface area (Å²) in [5, 5.41) is 7.04. The topological polar surface area (TPSA) is 43.6 Å². The molecule has 266 valence electrons. The molecule has 0 fully saturated rings. The summed E-state index contributed by atoms with van der Waals surface area (Å²) in [6.07, 6.45) is 0. The van der Waals surface area contributed by atoms with Gasteiger partial charge in [-0.15, -0.1) is 0 Å². The maximum Gasteiger partial charge on any atom is 0.164 e. The van der Waals surface area contributed by atoms with E-state index >= 15 is 0 Å². The molecule has 0 amide bonds. The van der Waals surface area contributed by atoms with E-state index in [0.717, 1.165) is 49.7 Å². The molecule has 0 aliphatic carbocycles. The molecule has 0 radical (unpaired) electrons. The number of para-hydroxylation sites is 1. The first-order valence-corrected chi connectivity index (χ1v) is 19.3. The van der Waals surface area contributed by atoms with Crippen molar-refractivity contribution in [2.24, 2.45) is 0 Å². The minimum atomic E-state index is 0.619. The summed E-state index contributed by atoms with van der Waals surface area (Å²) in [4.78, 5) is 15.5. The molecule has 4 nitrogen and oxygen atoms in total. The van der Waals surface area contributed by atoms with Crippen molar-refractivity contribution in [3.63, 3.8) is 0 Å². The third-order valence-corrected chi connectivity index (χ3v) is 11.0. The van der Waals surface area contributed by atoms with Gasteiger partial charge in [0.25, 0.3) is 0 Å². The van der Waals surface area contributed by atoms with Crippen molar-refractivity contribution in [1.29, 1.82) is 0 Å². The monoisotopic (exact) mass is 726 g/mol. The molecular formula is C53H34N4. The van der Waals surface area contributed by atoms with Gasteiger partial charge < -0.3 is 4.57 Å². The lowest BCUT2D eigenvalue weighted by molar-refractivity contribution is 1.07. The largest absolute Gasteiger partial charge is 0.309 e. The number of hydrogen-bond acceptors (Lipinski definition) is 3. The summed E-state index contributed by atoms with van der Waals surface area (Å²) in [6, 6.07) is 73.0. The van der Waals surface area contributed by atoms with Gasteiger partial charge in [-0.2, -0.15) is 0 Å². The van der Waals surface area contributed by atoms with E-state index in [9.17, 15) is 0 Å². The third-order valence-electron chi connectivity index (χ3n) is 11.0. The van der Waals surface area contributed by atoms with Crippen LogP contribution in [0.25, 0.3) is 105 Å². The molecule has 2 aromatic heterocycles. The van der Waals surface area contributed by atoms with Crippen LogP contribution in [-0.4, -0.2) is 19.5 Å². The second-order valence-electron chi connectivity index (χ2n) is 14.5. The molecule has 0 spiro atoms. The minimum Gasteiger partial charge on any atom is -0.309 e. The van der Waals surface area contributed by atoms with Crippen molar-refractivity contribution in [3.8, 4) is 62.1 Å². The highest BCUT2D eigenvalue weighted by Crippen LogP contribution is 2.42. The van der Waals surface area contributed by atoms with Crippen LogP contribution in [0.5, 0.6) is 0 Å². The zero-order valence-corrected chi connectivity index (χ0v) is 30.9. The van der Waals surface area contributed by atoms with Gasteiger partial charge in [0.2, 0.25) is 0 Å². The first kappa shape index (κ1) is 32.7. The highest BCUT2D eigenvalue weighted by atomic mass is 15.0. The van der Waals surface area contributed by atoms with Gasteiger partial charge in [0, 0.05) is 38.7 Å². The van der Waals surface area contributed by atoms with E-state index in [0.29, 0.717) is 17.5 Å². The molecule has 0 aliphatic heterocycles. The molecule has 0 saturated heterocycles. The van der Waals surface area contributed by atoms with Gasteiger partial charge in [-0.05, 0) is 80.7 Å². The van der Waals surface area contributed by atoms with E-state index in [1.807, 2.05) is 0 Å². The van der Waals surface area contributed by atoms with E-state index in [-0.39, 0.29) is 0 Å². The lowest BCUT2D eigenvalue weighted by Gasteiger charge is -2.15. The molecule has 0 aliphatic rings. The van der Waals surface area contributed by atoms with Crippen molar-refractivity contribution in [3.05, 3.63) is 206 Å². The van der Waals surface area contributed by atoms with Crippen molar-refractivity contribution in [2.45, 2.75) is 0 Å². The number of nitrogens with zero attached hydrogens (tertiary/aromatic N) is 4. The second kappa shape index (κ2) is 13.6. The fraction of sp³-hybridized carbons (Fsp3) is 0. The van der Waals surface area contributed by atoms with E-state index in [2.05, 4.69) is 211 Å². The Morgan fingerprint density at radius 2 is 0.807 bits per heavy atom. The summed E-state index contributed by atoms with van der Waals surface area (Å²) in [6.45, 7) is 0. The van der Waals surface area contributed by atoms with Crippen molar-refractivity contribution in [1.82, 2.24) is 19.5 Å². The van der Waals surface area contributed by atoms with Crippen molar-refractivity contribution < 1.29 is 0 Å². The van der Waals surface area contributed by atoms with Crippen LogP contribution in [0.15, 0.2) is 206 Å². The van der Waals surface area contributed by atoms with E-state index in [1.165, 1.54) is 38.2 Å². The van der Waals surface area contributed by atoms with Crippen LogP contribution >= 0.6 is 0 Å². The SMILES string of the molecule is c1ccc(-c2cc(-c3ccccc3)c3c(c2)c2ccccc2n3-c2cccc(-c3nc(-c4ccc5ccccc5c4)nc(-c4ccc5ccccc5c4)n3)c2)cc1. The number of fused-ring (bicyclic) bond motifs is 5. The predicted molar refractivity (Wildman–Crippen MR) is 236 cm³/mol. The first-order valence-electron chi connectivity index (χ1n) is 19.3. The van der Waals surface area contributed by atoms with Crippen LogP contribution in [0.3, 0.4) is 0 Å². The first-order chi connectivity index (χ1) is 28.2. The molecule has 0 atom stereocenters. The Balaban J connectivity index is 1.14. The predicted octanol–water partition coefficient (Wildman–Crippen LogP) is 13.6. The summed E-state index contributed by atoms with van der Waals surface area (Å²) in [7, 11) is 0. The zero-order chi connectivity index (χ0) is 37.7. The molecular weight excluding hydrogens is 693 g/mol. The normalized spacial score (nSPS) is 11.5. The molecule has 57 heavy (non-hydrogen) atoms. The van der Waals surface area contributed by atoms with Crippen LogP contribution in [0.1, 0.15) is 0 Å². The fourth-order valence-electron chi connectivity index (χ4n) is 8.20. The Morgan fingerprint density at radius 1 is 0.298 bits per heavy atom. The number of hydrogen-bond donors (Lipinski definition) is 0. The molecule has 11 rings (SSSR count). The van der Waals surface area contributed by atoms with Gasteiger partial charge in [-0.25, -0.2) is 15.0 Å². The maximum absolute atomic E-state index is 5.19. The van der Waals surface area contributed by atoms with Gasteiger partial charge in [-0.1, -0.05) is 164 Å². The summed E-state index contributed by atoms with van der Waals surface area (Å²) in [5.74, 6) is 1.89. The van der Waals surface area contributed by atoms with Crippen LogP contribution in [0.2, 0.25) is 0 Å². The Kier molecular flexibility index (Phi) is 7.78. The molecule has 0 bridgehead atoms. The lowest BCUT2D eigenvalue weighted by atomic mass is 9.95. The second-order valence-corrected chi connectivity index (χ2v) is 14.5. The number of aromatic nitrogens is 4. The average molecular weight is 727 g/mol. The standard InChI is InChI=1S/C53H34N4/c1-3-14-35(15-4-1)44-33-47(38-18-5-2-6-19-38)50-48(34-44)46-24-11-12-25-49(46)57(50)45-23-13-22-41(32-45)51-54-52(42-28-26-36-16-7-9-20-39(36)30-42)56-53(55-51)43-29-27-37-17-8-10-21-40(37)31-43/h1-34H. The van der Waals surface area contributed by atoms with Crippen LogP contribution in [0, 0.1) is 0 Å². The Hall–Kier alpha value is -7.69. The third kappa shape index (κ3) is 5.83. The van der Waals surface area contributed by atoms with Crippen LogP contribution < -0.4 is 0 Å². The minimum absolute atomic E-state index is 0.619. The molecule has 11 aromatic rings. The zero-order valence-electron chi connectivity index (χ0n) is 30.9. The number of rotatable bonds is 6.